The van der Waals surface area contributed by atoms with Gasteiger partial charge in [-0.2, -0.15) is 4.31 Å². The number of nitrogens with one attached hydrogen (secondary N) is 1. The van der Waals surface area contributed by atoms with Crippen molar-refractivity contribution in [1.82, 2.24) is 9.29 Å². The molecule has 168 valence electrons. The Hall–Kier alpha value is -2.26. The summed E-state index contributed by atoms with van der Waals surface area (Å²) in [6, 6.07) is 14.2. The molecule has 1 aliphatic rings. The summed E-state index contributed by atoms with van der Waals surface area (Å²) in [6.45, 7) is 1.03. The molecule has 0 bridgehead atoms. The van der Waals surface area contributed by atoms with Gasteiger partial charge in [-0.3, -0.25) is 4.79 Å². The van der Waals surface area contributed by atoms with Crippen molar-refractivity contribution in [3.63, 3.8) is 0 Å². The third-order valence-electron chi connectivity index (χ3n) is 5.28. The van der Waals surface area contributed by atoms with Crippen LogP contribution in [-0.2, 0) is 27.7 Å². The highest BCUT2D eigenvalue weighted by molar-refractivity contribution is 7.89. The number of piperidine rings is 1. The zero-order valence-corrected chi connectivity index (χ0v) is 19.8. The molecule has 1 aromatic heterocycles. The van der Waals surface area contributed by atoms with E-state index in [4.69, 9.17) is 11.6 Å². The Kier molecular flexibility index (Phi) is 7.25. The number of halogens is 1. The van der Waals surface area contributed by atoms with Crippen LogP contribution in [0.4, 0.5) is 5.69 Å². The highest BCUT2D eigenvalue weighted by Crippen LogP contribution is 2.27. The van der Waals surface area contributed by atoms with E-state index in [0.29, 0.717) is 35.9 Å². The first-order chi connectivity index (χ1) is 15.4. The molecule has 4 rings (SSSR count). The van der Waals surface area contributed by atoms with Crippen LogP contribution < -0.4 is 5.32 Å². The van der Waals surface area contributed by atoms with Crippen LogP contribution in [0.1, 0.15) is 35.5 Å². The summed E-state index contributed by atoms with van der Waals surface area (Å²) in [5.41, 5.74) is 2.01. The maximum absolute atomic E-state index is 13.1. The average molecular weight is 490 g/mol. The van der Waals surface area contributed by atoms with Gasteiger partial charge in [-0.25, -0.2) is 13.4 Å². The fourth-order valence-electron chi connectivity index (χ4n) is 3.73. The van der Waals surface area contributed by atoms with Crippen LogP contribution in [-0.4, -0.2) is 36.7 Å². The van der Waals surface area contributed by atoms with Crippen LogP contribution in [0.5, 0.6) is 0 Å². The van der Waals surface area contributed by atoms with Gasteiger partial charge >= 0.3 is 0 Å². The van der Waals surface area contributed by atoms with Gasteiger partial charge in [0.25, 0.3) is 0 Å². The van der Waals surface area contributed by atoms with Crippen molar-refractivity contribution in [3.05, 3.63) is 75.2 Å². The van der Waals surface area contributed by atoms with Crippen LogP contribution in [0.2, 0.25) is 5.02 Å². The Balaban J connectivity index is 1.43. The SMILES string of the molecule is O=C(Cc1csc(Cc2cccc(Cl)c2)n1)Nc1ccccc1S(=O)(=O)N1CCCCC1. The highest BCUT2D eigenvalue weighted by Gasteiger charge is 2.28. The first-order valence-electron chi connectivity index (χ1n) is 10.5. The number of benzene rings is 2. The van der Waals surface area contributed by atoms with E-state index in [2.05, 4.69) is 10.3 Å². The van der Waals surface area contributed by atoms with Gasteiger partial charge in [-0.15, -0.1) is 11.3 Å². The topological polar surface area (TPSA) is 79.4 Å². The average Bonchev–Trinajstić information content (AvgIpc) is 3.21. The van der Waals surface area contributed by atoms with E-state index < -0.39 is 10.0 Å². The summed E-state index contributed by atoms with van der Waals surface area (Å²) in [4.78, 5) is 17.4. The zero-order chi connectivity index (χ0) is 22.6. The second-order valence-electron chi connectivity index (χ2n) is 7.73. The van der Waals surface area contributed by atoms with E-state index in [9.17, 15) is 13.2 Å². The summed E-state index contributed by atoms with van der Waals surface area (Å²) >= 11 is 7.53. The molecule has 9 heteroatoms. The molecule has 6 nitrogen and oxygen atoms in total. The number of carbonyl (C=O) groups is 1. The molecule has 2 heterocycles. The van der Waals surface area contributed by atoms with Crippen LogP contribution in [0.15, 0.2) is 58.8 Å². The largest absolute Gasteiger partial charge is 0.325 e. The predicted octanol–water partition coefficient (Wildman–Crippen LogP) is 4.74. The maximum atomic E-state index is 13.1. The molecule has 0 radical (unpaired) electrons. The monoisotopic (exact) mass is 489 g/mol. The molecule has 0 atom stereocenters. The minimum atomic E-state index is -3.65. The van der Waals surface area contributed by atoms with E-state index in [1.807, 2.05) is 29.6 Å². The first-order valence-corrected chi connectivity index (χ1v) is 13.2. The van der Waals surface area contributed by atoms with E-state index in [-0.39, 0.29) is 17.2 Å². The standard InChI is InChI=1S/C23H24ClN3O3S2/c24-18-8-6-7-17(13-18)14-23-25-19(16-31-23)15-22(28)26-20-9-2-3-10-21(20)32(29,30)27-11-4-1-5-12-27/h2-3,6-10,13,16H,1,4-5,11-12,14-15H2,(H,26,28). The number of carbonyl (C=O) groups excluding carboxylic acids is 1. The smallest absolute Gasteiger partial charge is 0.245 e. The van der Waals surface area contributed by atoms with Gasteiger partial charge < -0.3 is 5.32 Å². The summed E-state index contributed by atoms with van der Waals surface area (Å²) in [6.07, 6.45) is 3.47. The molecule has 2 aromatic carbocycles. The molecule has 0 saturated carbocycles. The second-order valence-corrected chi connectivity index (χ2v) is 11.0. The third kappa shape index (κ3) is 5.56. The molecular weight excluding hydrogens is 466 g/mol. The lowest BCUT2D eigenvalue weighted by molar-refractivity contribution is -0.115. The Morgan fingerprint density at radius 3 is 2.66 bits per heavy atom. The van der Waals surface area contributed by atoms with Gasteiger partial charge in [-0.1, -0.05) is 42.3 Å². The number of rotatable bonds is 7. The lowest BCUT2D eigenvalue weighted by atomic mass is 10.2. The molecule has 0 unspecified atom stereocenters. The van der Waals surface area contributed by atoms with Crippen LogP contribution >= 0.6 is 22.9 Å². The maximum Gasteiger partial charge on any atom is 0.245 e. The van der Waals surface area contributed by atoms with Crippen molar-refractivity contribution < 1.29 is 13.2 Å². The summed E-state index contributed by atoms with van der Waals surface area (Å²) in [5, 5.41) is 6.20. The van der Waals surface area contributed by atoms with E-state index in [1.54, 1.807) is 24.3 Å². The fraction of sp³-hybridized carbons (Fsp3) is 0.304. The molecule has 1 aliphatic heterocycles. The first kappa shape index (κ1) is 22.9. The molecule has 1 N–H and O–H groups in total. The third-order valence-corrected chi connectivity index (χ3v) is 8.37. The lowest BCUT2D eigenvalue weighted by Crippen LogP contribution is -2.36. The molecule has 1 amide bonds. The fourth-order valence-corrected chi connectivity index (χ4v) is 6.44. The summed E-state index contributed by atoms with van der Waals surface area (Å²) in [7, 11) is -3.65. The van der Waals surface area contributed by atoms with Gasteiger partial charge in [0.05, 0.1) is 22.8 Å². The highest BCUT2D eigenvalue weighted by atomic mass is 35.5. The van der Waals surface area contributed by atoms with Crippen molar-refractivity contribution in [2.45, 2.75) is 37.0 Å². The molecule has 1 fully saturated rings. The minimum absolute atomic E-state index is 0.0736. The number of nitrogens with zero attached hydrogens (tertiary/aromatic N) is 2. The Labute approximate surface area is 197 Å². The Morgan fingerprint density at radius 2 is 1.88 bits per heavy atom. The molecule has 0 aliphatic carbocycles. The number of sulfonamides is 1. The number of thiazole rings is 1. The van der Waals surface area contributed by atoms with Crippen LogP contribution in [0, 0.1) is 0 Å². The Bertz CT molecular complexity index is 1200. The number of hydrogen-bond donors (Lipinski definition) is 1. The molecule has 1 saturated heterocycles. The van der Waals surface area contributed by atoms with E-state index in [0.717, 1.165) is 29.8 Å². The molecule has 0 spiro atoms. The molecular formula is C23H24ClN3O3S2. The lowest BCUT2D eigenvalue weighted by Gasteiger charge is -2.26. The van der Waals surface area contributed by atoms with Gasteiger partial charge in [0, 0.05) is 29.9 Å². The van der Waals surface area contributed by atoms with Crippen molar-refractivity contribution in [2.75, 3.05) is 18.4 Å². The predicted molar refractivity (Wildman–Crippen MR) is 128 cm³/mol. The van der Waals surface area contributed by atoms with Gasteiger partial charge in [0.15, 0.2) is 0 Å². The van der Waals surface area contributed by atoms with Crippen molar-refractivity contribution in [3.8, 4) is 0 Å². The second kappa shape index (κ2) is 10.1. The number of hydrogen-bond acceptors (Lipinski definition) is 5. The number of anilines is 1. The molecule has 32 heavy (non-hydrogen) atoms. The van der Waals surface area contributed by atoms with Gasteiger partial charge in [0.2, 0.25) is 15.9 Å². The minimum Gasteiger partial charge on any atom is -0.325 e. The van der Waals surface area contributed by atoms with E-state index in [1.165, 1.54) is 15.6 Å². The summed E-state index contributed by atoms with van der Waals surface area (Å²) < 4.78 is 27.7. The van der Waals surface area contributed by atoms with Gasteiger partial charge in [-0.05, 0) is 42.7 Å². The zero-order valence-electron chi connectivity index (χ0n) is 17.5. The van der Waals surface area contributed by atoms with Crippen molar-refractivity contribution in [1.29, 1.82) is 0 Å². The molecule has 3 aromatic rings. The summed E-state index contributed by atoms with van der Waals surface area (Å²) in [5.74, 6) is -0.300. The van der Waals surface area contributed by atoms with Crippen molar-refractivity contribution >= 4 is 44.6 Å². The number of amides is 1. The normalized spacial score (nSPS) is 14.9. The van der Waals surface area contributed by atoms with Crippen molar-refractivity contribution in [2.24, 2.45) is 0 Å². The van der Waals surface area contributed by atoms with Crippen LogP contribution in [0.25, 0.3) is 0 Å². The quantitative estimate of drug-likeness (QED) is 0.519. The number of aromatic nitrogens is 1. The number of para-hydroxylation sites is 1. The van der Waals surface area contributed by atoms with E-state index >= 15 is 0 Å². The Morgan fingerprint density at radius 1 is 1.09 bits per heavy atom. The van der Waals surface area contributed by atoms with Gasteiger partial charge in [0.1, 0.15) is 4.90 Å². The van der Waals surface area contributed by atoms with Crippen LogP contribution in [0.3, 0.4) is 0 Å².